The van der Waals surface area contributed by atoms with Crippen LogP contribution in [0.15, 0.2) is 22.8 Å². The molecule has 1 aliphatic carbocycles. The second-order valence-corrected chi connectivity index (χ2v) is 3.26. The maximum absolute atomic E-state index is 3.63. The van der Waals surface area contributed by atoms with Crippen molar-refractivity contribution in [1.29, 1.82) is 0 Å². The quantitative estimate of drug-likeness (QED) is 0.447. The van der Waals surface area contributed by atoms with Gasteiger partial charge in [-0.1, -0.05) is 22.8 Å². The normalized spacial score (nSPS) is 27.1. The molecule has 0 aromatic rings. The molecule has 0 aromatic heterocycles. The number of rotatable bonds is 0. The minimum Gasteiger partial charge on any atom is -0.0695 e. The van der Waals surface area contributed by atoms with E-state index in [1.807, 2.05) is 0 Å². The van der Waals surface area contributed by atoms with Crippen LogP contribution >= 0.6 is 0 Å². The van der Waals surface area contributed by atoms with Gasteiger partial charge in [-0.25, -0.2) is 0 Å². The Labute approximate surface area is 60.1 Å². The van der Waals surface area contributed by atoms with Crippen LogP contribution in [0.3, 0.4) is 0 Å². The third-order valence-corrected chi connectivity index (χ3v) is 2.84. The molecule has 0 aromatic carbocycles. The molecule has 0 fully saturated rings. The fourth-order valence-electron chi connectivity index (χ4n) is 1.11. The monoisotopic (exact) mass is 135 g/mol. The Balaban J connectivity index is 2.92. The lowest BCUT2D eigenvalue weighted by Gasteiger charge is -2.05. The molecule has 0 saturated heterocycles. The molecule has 0 amide bonds. The van der Waals surface area contributed by atoms with Crippen molar-refractivity contribution in [3.05, 3.63) is 22.8 Å². The topological polar surface area (TPSA) is 0 Å². The average molecular weight is 135 g/mol. The van der Waals surface area contributed by atoms with Crippen molar-refractivity contribution in [3.8, 4) is 0 Å². The fraction of sp³-hybridized carbons (Fsp3) is 0.500. The van der Waals surface area contributed by atoms with Gasteiger partial charge in [-0.05, 0) is 26.3 Å². The number of allylic oxidation sites excluding steroid dienone is 4. The second-order valence-electron chi connectivity index (χ2n) is 2.69. The summed E-state index contributed by atoms with van der Waals surface area (Å²) in [6.07, 6.45) is 2.23. The standard InChI is InChI=1S/C8H11Si/c1-5-4-6(2)8(9)7(5)3/h4,8H,1-3H3. The maximum Gasteiger partial charge on any atom is 0.0387 e. The van der Waals surface area contributed by atoms with Gasteiger partial charge in [0.15, 0.2) is 0 Å². The molecule has 1 heteroatoms. The van der Waals surface area contributed by atoms with Crippen LogP contribution in [0.5, 0.6) is 0 Å². The van der Waals surface area contributed by atoms with Crippen molar-refractivity contribution in [2.75, 3.05) is 0 Å². The van der Waals surface area contributed by atoms with Crippen molar-refractivity contribution < 1.29 is 0 Å². The van der Waals surface area contributed by atoms with Gasteiger partial charge in [0.05, 0.1) is 0 Å². The largest absolute Gasteiger partial charge is 0.0695 e. The van der Waals surface area contributed by atoms with Gasteiger partial charge in [-0.3, -0.25) is 0 Å². The van der Waals surface area contributed by atoms with Crippen molar-refractivity contribution in [2.45, 2.75) is 26.3 Å². The van der Waals surface area contributed by atoms with Crippen molar-refractivity contribution in [1.82, 2.24) is 0 Å². The van der Waals surface area contributed by atoms with E-state index in [-0.39, 0.29) is 0 Å². The fourth-order valence-corrected chi connectivity index (χ4v) is 1.42. The Morgan fingerprint density at radius 3 is 2.00 bits per heavy atom. The Kier molecular flexibility index (Phi) is 1.62. The maximum atomic E-state index is 3.63. The molecule has 0 aliphatic heterocycles. The summed E-state index contributed by atoms with van der Waals surface area (Å²) in [5.41, 5.74) is 4.78. The summed E-state index contributed by atoms with van der Waals surface area (Å²) < 4.78 is 0. The molecule has 0 heterocycles. The van der Waals surface area contributed by atoms with Gasteiger partial charge in [0.2, 0.25) is 0 Å². The van der Waals surface area contributed by atoms with E-state index in [1.165, 1.54) is 16.7 Å². The highest BCUT2D eigenvalue weighted by atomic mass is 28.1. The van der Waals surface area contributed by atoms with Gasteiger partial charge in [-0.15, -0.1) is 0 Å². The molecule has 1 aliphatic rings. The second kappa shape index (κ2) is 2.14. The Morgan fingerprint density at radius 1 is 1.33 bits per heavy atom. The first-order valence-corrected chi connectivity index (χ1v) is 3.77. The zero-order valence-electron chi connectivity index (χ0n) is 6.15. The molecule has 0 spiro atoms. The van der Waals surface area contributed by atoms with Crippen LogP contribution in [-0.2, 0) is 0 Å². The smallest absolute Gasteiger partial charge is 0.0387 e. The Morgan fingerprint density at radius 2 is 1.89 bits per heavy atom. The molecule has 0 nitrogen and oxygen atoms in total. The van der Waals surface area contributed by atoms with Crippen molar-refractivity contribution in [3.63, 3.8) is 0 Å². The minimum absolute atomic E-state index is 0.505. The number of hydrogen-bond donors (Lipinski definition) is 0. The molecule has 0 bridgehead atoms. The average Bonchev–Trinajstić information content (AvgIpc) is 1.98. The third-order valence-electron chi connectivity index (χ3n) is 1.95. The first-order chi connectivity index (χ1) is 4.13. The van der Waals surface area contributed by atoms with E-state index in [9.17, 15) is 0 Å². The van der Waals surface area contributed by atoms with Crippen LogP contribution in [0.25, 0.3) is 0 Å². The highest BCUT2D eigenvalue weighted by Gasteiger charge is 2.13. The summed E-state index contributed by atoms with van der Waals surface area (Å²) in [5.74, 6) is 0. The summed E-state index contributed by atoms with van der Waals surface area (Å²) in [7, 11) is 3.63. The van der Waals surface area contributed by atoms with Crippen molar-refractivity contribution in [2.24, 2.45) is 0 Å². The first-order valence-electron chi connectivity index (χ1n) is 3.19. The summed E-state index contributed by atoms with van der Waals surface area (Å²) in [6, 6.07) is 0. The van der Waals surface area contributed by atoms with E-state index < -0.39 is 0 Å². The highest BCUT2D eigenvalue weighted by Crippen LogP contribution is 2.32. The van der Waals surface area contributed by atoms with Gasteiger partial charge in [0, 0.05) is 10.2 Å². The molecule has 9 heavy (non-hydrogen) atoms. The van der Waals surface area contributed by atoms with Gasteiger partial charge < -0.3 is 0 Å². The molecule has 0 N–H and O–H groups in total. The lowest BCUT2D eigenvalue weighted by atomic mass is 10.1. The molecule has 1 rings (SSSR count). The van der Waals surface area contributed by atoms with Gasteiger partial charge in [0.25, 0.3) is 0 Å². The zero-order chi connectivity index (χ0) is 7.02. The molecule has 1 atom stereocenters. The van der Waals surface area contributed by atoms with Crippen LogP contribution in [0, 0.1) is 0 Å². The van der Waals surface area contributed by atoms with E-state index >= 15 is 0 Å². The van der Waals surface area contributed by atoms with E-state index in [0.717, 1.165) is 0 Å². The highest BCUT2D eigenvalue weighted by molar-refractivity contribution is 6.16. The van der Waals surface area contributed by atoms with Crippen LogP contribution in [0.2, 0.25) is 5.54 Å². The molecule has 0 saturated carbocycles. The van der Waals surface area contributed by atoms with E-state index in [2.05, 4.69) is 37.1 Å². The molecule has 1 unspecified atom stereocenters. The predicted octanol–water partition coefficient (Wildman–Crippen LogP) is 2.24. The molecular formula is C8H11Si. The lowest BCUT2D eigenvalue weighted by Crippen LogP contribution is -1.90. The molecule has 3 radical (unpaired) electrons. The van der Waals surface area contributed by atoms with Gasteiger partial charge in [-0.2, -0.15) is 0 Å². The number of hydrogen-bond acceptors (Lipinski definition) is 0. The summed E-state index contributed by atoms with van der Waals surface area (Å²) in [6.45, 7) is 6.47. The van der Waals surface area contributed by atoms with Crippen LogP contribution in [-0.4, -0.2) is 10.2 Å². The summed E-state index contributed by atoms with van der Waals surface area (Å²) in [4.78, 5) is 0. The lowest BCUT2D eigenvalue weighted by molar-refractivity contribution is 1.13. The van der Waals surface area contributed by atoms with Crippen LogP contribution in [0.4, 0.5) is 0 Å². The molecule has 47 valence electrons. The summed E-state index contributed by atoms with van der Waals surface area (Å²) >= 11 is 0. The van der Waals surface area contributed by atoms with Gasteiger partial charge >= 0.3 is 0 Å². The SMILES string of the molecule is CC1=CC(C)=C(C)C1[Si]. The van der Waals surface area contributed by atoms with Crippen molar-refractivity contribution >= 4 is 10.2 Å². The van der Waals surface area contributed by atoms with E-state index in [0.29, 0.717) is 5.54 Å². The Hall–Kier alpha value is -0.303. The predicted molar refractivity (Wildman–Crippen MR) is 41.6 cm³/mol. The van der Waals surface area contributed by atoms with Crippen LogP contribution in [0.1, 0.15) is 20.8 Å². The third kappa shape index (κ3) is 1.01. The minimum atomic E-state index is 0.505. The Bertz CT molecular complexity index is 187. The van der Waals surface area contributed by atoms with Gasteiger partial charge in [0.1, 0.15) is 0 Å². The van der Waals surface area contributed by atoms with Crippen LogP contribution < -0.4 is 0 Å². The van der Waals surface area contributed by atoms with E-state index in [4.69, 9.17) is 0 Å². The first kappa shape index (κ1) is 6.81. The summed E-state index contributed by atoms with van der Waals surface area (Å²) in [5, 5.41) is 0. The molecular weight excluding hydrogens is 124 g/mol. The van der Waals surface area contributed by atoms with E-state index in [1.54, 1.807) is 0 Å². The zero-order valence-corrected chi connectivity index (χ0v) is 7.15.